The van der Waals surface area contributed by atoms with E-state index in [0.717, 1.165) is 0 Å². The van der Waals surface area contributed by atoms with Gasteiger partial charge >= 0.3 is 0 Å². The Hall–Kier alpha value is -2.56. The second-order valence-corrected chi connectivity index (χ2v) is 4.29. The Labute approximate surface area is 109 Å². The molecule has 0 bridgehead atoms. The Bertz CT molecular complexity index is 672. The highest BCUT2D eigenvalue weighted by atomic mass is 16.5. The van der Waals surface area contributed by atoms with Crippen LogP contribution in [-0.4, -0.2) is 18.3 Å². The van der Waals surface area contributed by atoms with Gasteiger partial charge in [-0.1, -0.05) is 0 Å². The summed E-state index contributed by atoms with van der Waals surface area (Å²) < 4.78 is 10.5. The molecular formula is C14H11NO4. The van der Waals surface area contributed by atoms with Crippen molar-refractivity contribution < 1.29 is 18.7 Å². The monoisotopic (exact) mass is 257 g/mol. The van der Waals surface area contributed by atoms with Crippen molar-refractivity contribution in [3.63, 3.8) is 0 Å². The van der Waals surface area contributed by atoms with Gasteiger partial charge in [0.15, 0.2) is 12.4 Å². The predicted octanol–water partition coefficient (Wildman–Crippen LogP) is 2.15. The van der Waals surface area contributed by atoms with Crippen molar-refractivity contribution in [3.05, 3.63) is 47.4 Å². The van der Waals surface area contributed by atoms with Crippen LogP contribution in [0, 0.1) is 6.92 Å². The summed E-state index contributed by atoms with van der Waals surface area (Å²) in [6, 6.07) is 8.27. The van der Waals surface area contributed by atoms with Crippen molar-refractivity contribution >= 4 is 17.4 Å². The lowest BCUT2D eigenvalue weighted by Gasteiger charge is -2.18. The molecule has 0 spiro atoms. The number of aryl methyl sites for hydroxylation is 1. The molecule has 0 fully saturated rings. The Kier molecular flexibility index (Phi) is 2.59. The molecule has 0 saturated heterocycles. The quantitative estimate of drug-likeness (QED) is 0.837. The number of fused-ring (bicyclic) bond motifs is 1. The number of furan rings is 1. The Morgan fingerprint density at radius 3 is 2.84 bits per heavy atom. The zero-order chi connectivity index (χ0) is 13.4. The second kappa shape index (κ2) is 4.28. The largest absolute Gasteiger partial charge is 0.482 e. The molecule has 0 saturated carbocycles. The van der Waals surface area contributed by atoms with Gasteiger partial charge < -0.3 is 14.5 Å². The maximum atomic E-state index is 12.2. The SMILES string of the molecule is Cc1ccc(C(=O)c2ccc3c(c2)NC(=O)CO3)o1. The lowest BCUT2D eigenvalue weighted by atomic mass is 10.1. The zero-order valence-corrected chi connectivity index (χ0v) is 10.2. The third-order valence-electron chi connectivity index (χ3n) is 2.84. The van der Waals surface area contributed by atoms with Gasteiger partial charge in [-0.25, -0.2) is 0 Å². The maximum Gasteiger partial charge on any atom is 0.262 e. The molecule has 0 aliphatic carbocycles. The fourth-order valence-electron chi connectivity index (χ4n) is 1.92. The van der Waals surface area contributed by atoms with Gasteiger partial charge in [0, 0.05) is 5.56 Å². The summed E-state index contributed by atoms with van der Waals surface area (Å²) in [6.45, 7) is 1.77. The van der Waals surface area contributed by atoms with Crippen LogP contribution < -0.4 is 10.1 Å². The summed E-state index contributed by atoms with van der Waals surface area (Å²) in [6.07, 6.45) is 0. The van der Waals surface area contributed by atoms with Gasteiger partial charge in [0.1, 0.15) is 11.5 Å². The molecule has 2 aromatic rings. The number of carbonyl (C=O) groups excluding carboxylic acids is 2. The van der Waals surface area contributed by atoms with Gasteiger partial charge in [-0.15, -0.1) is 0 Å². The summed E-state index contributed by atoms with van der Waals surface area (Å²) >= 11 is 0. The number of ketones is 1. The molecule has 96 valence electrons. The van der Waals surface area contributed by atoms with Crippen LogP contribution in [-0.2, 0) is 4.79 Å². The number of amides is 1. The van der Waals surface area contributed by atoms with E-state index in [9.17, 15) is 9.59 Å². The molecule has 5 heteroatoms. The second-order valence-electron chi connectivity index (χ2n) is 4.29. The van der Waals surface area contributed by atoms with E-state index >= 15 is 0 Å². The van der Waals surface area contributed by atoms with Gasteiger partial charge in [-0.3, -0.25) is 9.59 Å². The van der Waals surface area contributed by atoms with Gasteiger partial charge in [0.2, 0.25) is 5.78 Å². The number of anilines is 1. The third kappa shape index (κ3) is 2.10. The van der Waals surface area contributed by atoms with E-state index in [4.69, 9.17) is 9.15 Å². The van der Waals surface area contributed by atoms with Crippen molar-refractivity contribution in [1.82, 2.24) is 0 Å². The first kappa shape index (κ1) is 11.5. The van der Waals surface area contributed by atoms with E-state index in [1.54, 1.807) is 37.3 Å². The van der Waals surface area contributed by atoms with Crippen molar-refractivity contribution in [2.24, 2.45) is 0 Å². The summed E-state index contributed by atoms with van der Waals surface area (Å²) in [5.74, 6) is 1.06. The van der Waals surface area contributed by atoms with E-state index in [2.05, 4.69) is 5.32 Å². The molecule has 1 aliphatic heterocycles. The zero-order valence-electron chi connectivity index (χ0n) is 10.2. The lowest BCUT2D eigenvalue weighted by Crippen LogP contribution is -2.25. The number of hydrogen-bond donors (Lipinski definition) is 1. The van der Waals surface area contributed by atoms with Crippen LogP contribution >= 0.6 is 0 Å². The minimum atomic E-state index is -0.231. The predicted molar refractivity (Wildman–Crippen MR) is 67.4 cm³/mol. The number of rotatable bonds is 2. The maximum absolute atomic E-state index is 12.2. The van der Waals surface area contributed by atoms with Crippen molar-refractivity contribution in [1.29, 1.82) is 0 Å². The highest BCUT2D eigenvalue weighted by Gasteiger charge is 2.19. The number of hydrogen-bond acceptors (Lipinski definition) is 4. The summed E-state index contributed by atoms with van der Waals surface area (Å²) in [5, 5.41) is 2.67. The topological polar surface area (TPSA) is 68.5 Å². The normalized spacial score (nSPS) is 13.4. The van der Waals surface area contributed by atoms with E-state index in [0.29, 0.717) is 22.8 Å². The van der Waals surface area contributed by atoms with E-state index < -0.39 is 0 Å². The van der Waals surface area contributed by atoms with Crippen LogP contribution in [0.5, 0.6) is 5.75 Å². The minimum Gasteiger partial charge on any atom is -0.482 e. The molecule has 0 unspecified atom stereocenters. The Balaban J connectivity index is 1.96. The first-order valence-electron chi connectivity index (χ1n) is 5.81. The van der Waals surface area contributed by atoms with Crippen molar-refractivity contribution in [2.75, 3.05) is 11.9 Å². The van der Waals surface area contributed by atoms with Crippen LogP contribution in [0.1, 0.15) is 21.9 Å². The summed E-state index contributed by atoms with van der Waals surface area (Å²) in [5.41, 5.74) is 0.948. The van der Waals surface area contributed by atoms with Gasteiger partial charge in [-0.05, 0) is 37.3 Å². The molecule has 1 amide bonds. The molecule has 1 aromatic carbocycles. The Morgan fingerprint density at radius 2 is 2.11 bits per heavy atom. The van der Waals surface area contributed by atoms with Crippen LogP contribution in [0.15, 0.2) is 34.7 Å². The number of nitrogens with one attached hydrogen (secondary N) is 1. The first-order valence-corrected chi connectivity index (χ1v) is 5.81. The number of benzene rings is 1. The standard InChI is InChI=1S/C14H11NO4/c1-8-2-4-12(19-8)14(17)9-3-5-11-10(6-9)15-13(16)7-18-11/h2-6H,7H2,1H3,(H,15,16). The van der Waals surface area contributed by atoms with Crippen LogP contribution in [0.4, 0.5) is 5.69 Å². The molecule has 0 atom stereocenters. The van der Waals surface area contributed by atoms with Crippen molar-refractivity contribution in [3.8, 4) is 5.75 Å². The number of carbonyl (C=O) groups is 2. The third-order valence-corrected chi connectivity index (χ3v) is 2.84. The average Bonchev–Trinajstić information content (AvgIpc) is 2.83. The number of ether oxygens (including phenoxy) is 1. The van der Waals surface area contributed by atoms with E-state index in [1.807, 2.05) is 0 Å². The first-order chi connectivity index (χ1) is 9.13. The highest BCUT2D eigenvalue weighted by molar-refractivity contribution is 6.08. The van der Waals surface area contributed by atoms with Gasteiger partial charge in [0.05, 0.1) is 5.69 Å². The minimum absolute atomic E-state index is 0.00231. The lowest BCUT2D eigenvalue weighted by molar-refractivity contribution is -0.118. The van der Waals surface area contributed by atoms with Crippen molar-refractivity contribution in [2.45, 2.75) is 6.92 Å². The molecule has 1 aromatic heterocycles. The molecule has 2 heterocycles. The Morgan fingerprint density at radius 1 is 1.26 bits per heavy atom. The summed E-state index contributed by atoms with van der Waals surface area (Å²) in [4.78, 5) is 23.4. The smallest absolute Gasteiger partial charge is 0.262 e. The molecule has 3 rings (SSSR count). The molecule has 1 N–H and O–H groups in total. The van der Waals surface area contributed by atoms with Gasteiger partial charge in [0.25, 0.3) is 5.91 Å². The average molecular weight is 257 g/mol. The van der Waals surface area contributed by atoms with Gasteiger partial charge in [-0.2, -0.15) is 0 Å². The molecular weight excluding hydrogens is 246 g/mol. The van der Waals surface area contributed by atoms with Crippen LogP contribution in [0.2, 0.25) is 0 Å². The molecule has 1 aliphatic rings. The molecule has 19 heavy (non-hydrogen) atoms. The highest BCUT2D eigenvalue weighted by Crippen LogP contribution is 2.29. The van der Waals surface area contributed by atoms with Crippen LogP contribution in [0.25, 0.3) is 0 Å². The molecule has 0 radical (unpaired) electrons. The summed E-state index contributed by atoms with van der Waals surface area (Å²) in [7, 11) is 0. The fraction of sp³-hybridized carbons (Fsp3) is 0.143. The molecule has 5 nitrogen and oxygen atoms in total. The van der Waals surface area contributed by atoms with E-state index in [-0.39, 0.29) is 24.1 Å². The van der Waals surface area contributed by atoms with E-state index in [1.165, 1.54) is 0 Å². The fourth-order valence-corrected chi connectivity index (χ4v) is 1.92. The van der Waals surface area contributed by atoms with Crippen LogP contribution in [0.3, 0.4) is 0 Å².